The monoisotopic (exact) mass is 286 g/mol. The van der Waals surface area contributed by atoms with E-state index in [9.17, 15) is 14.0 Å². The molecule has 0 aliphatic rings. The molecule has 2 aromatic rings. The van der Waals surface area contributed by atoms with Crippen LogP contribution in [0.15, 0.2) is 42.5 Å². The Morgan fingerprint density at radius 2 is 1.71 bits per heavy atom. The van der Waals surface area contributed by atoms with Gasteiger partial charge in [0.15, 0.2) is 6.61 Å². The molecule has 0 radical (unpaired) electrons. The molecule has 0 aliphatic carbocycles. The van der Waals surface area contributed by atoms with E-state index in [1.165, 1.54) is 24.3 Å². The maximum atomic E-state index is 12.8. The highest BCUT2D eigenvalue weighted by Crippen LogP contribution is 2.12. The average molecular weight is 286 g/mol. The van der Waals surface area contributed by atoms with Crippen molar-refractivity contribution < 1.29 is 18.7 Å². The number of ketones is 1. The minimum Gasteiger partial charge on any atom is -0.454 e. The number of Topliss-reactive ketones (excluding diaryl/α,β-unsaturated/α-hetero) is 1. The smallest absolute Gasteiger partial charge is 0.338 e. The summed E-state index contributed by atoms with van der Waals surface area (Å²) in [6.45, 7) is 3.44. The van der Waals surface area contributed by atoms with Crippen molar-refractivity contribution in [3.05, 3.63) is 70.5 Å². The number of benzene rings is 2. The van der Waals surface area contributed by atoms with E-state index in [-0.39, 0.29) is 18.0 Å². The van der Waals surface area contributed by atoms with Gasteiger partial charge in [-0.3, -0.25) is 4.79 Å². The van der Waals surface area contributed by atoms with E-state index in [1.54, 1.807) is 6.07 Å². The van der Waals surface area contributed by atoms with Gasteiger partial charge in [-0.15, -0.1) is 0 Å². The quantitative estimate of drug-likeness (QED) is 0.638. The lowest BCUT2D eigenvalue weighted by molar-refractivity contribution is 0.0474. The first-order valence-electron chi connectivity index (χ1n) is 6.50. The highest BCUT2D eigenvalue weighted by molar-refractivity contribution is 6.00. The number of halogens is 1. The number of hydrogen-bond donors (Lipinski definition) is 0. The molecular weight excluding hydrogens is 271 g/mol. The second kappa shape index (κ2) is 6.31. The molecule has 3 nitrogen and oxygen atoms in total. The molecule has 0 aromatic heterocycles. The zero-order valence-electron chi connectivity index (χ0n) is 11.9. The van der Waals surface area contributed by atoms with Crippen LogP contribution in [-0.2, 0) is 4.74 Å². The number of aryl methyl sites for hydroxylation is 2. The van der Waals surface area contributed by atoms with E-state index in [1.807, 2.05) is 26.0 Å². The average Bonchev–Trinajstić information content (AvgIpc) is 2.45. The number of carbonyl (C=O) groups excluding carboxylic acids is 2. The molecule has 0 saturated carbocycles. The van der Waals surface area contributed by atoms with Crippen LogP contribution in [0.2, 0.25) is 0 Å². The Hall–Kier alpha value is -2.49. The Morgan fingerprint density at radius 3 is 2.33 bits per heavy atom. The van der Waals surface area contributed by atoms with E-state index in [2.05, 4.69) is 0 Å². The van der Waals surface area contributed by atoms with Crippen LogP contribution in [0.5, 0.6) is 0 Å². The lowest BCUT2D eigenvalue weighted by Crippen LogP contribution is -2.15. The fourth-order valence-electron chi connectivity index (χ4n) is 2.00. The maximum absolute atomic E-state index is 12.8. The van der Waals surface area contributed by atoms with Crippen LogP contribution in [0.4, 0.5) is 4.39 Å². The summed E-state index contributed by atoms with van der Waals surface area (Å²) < 4.78 is 17.7. The van der Waals surface area contributed by atoms with Crippen LogP contribution in [0.25, 0.3) is 0 Å². The Kier molecular flexibility index (Phi) is 4.48. The van der Waals surface area contributed by atoms with Crippen molar-refractivity contribution in [2.24, 2.45) is 0 Å². The molecule has 0 spiro atoms. The molecule has 21 heavy (non-hydrogen) atoms. The van der Waals surface area contributed by atoms with Crippen molar-refractivity contribution in [3.63, 3.8) is 0 Å². The molecule has 0 atom stereocenters. The molecule has 4 heteroatoms. The van der Waals surface area contributed by atoms with Crippen LogP contribution in [0.3, 0.4) is 0 Å². The number of rotatable bonds is 4. The summed E-state index contributed by atoms with van der Waals surface area (Å²) in [5.41, 5.74) is 2.66. The van der Waals surface area contributed by atoms with E-state index in [4.69, 9.17) is 4.74 Å². The Bertz CT molecular complexity index is 675. The van der Waals surface area contributed by atoms with Crippen molar-refractivity contribution in [1.29, 1.82) is 0 Å². The van der Waals surface area contributed by atoms with E-state index in [0.717, 1.165) is 11.1 Å². The predicted molar refractivity (Wildman–Crippen MR) is 76.9 cm³/mol. The lowest BCUT2D eigenvalue weighted by atomic mass is 10.0. The van der Waals surface area contributed by atoms with Crippen LogP contribution in [-0.4, -0.2) is 18.4 Å². The minimum atomic E-state index is -0.645. The lowest BCUT2D eigenvalue weighted by Gasteiger charge is -2.07. The molecule has 0 amide bonds. The van der Waals surface area contributed by atoms with Gasteiger partial charge in [-0.05, 0) is 43.7 Å². The number of esters is 1. The Balaban J connectivity index is 2.00. The van der Waals surface area contributed by atoms with Crippen LogP contribution in [0, 0.1) is 19.7 Å². The van der Waals surface area contributed by atoms with Crippen molar-refractivity contribution in [3.8, 4) is 0 Å². The van der Waals surface area contributed by atoms with Crippen molar-refractivity contribution in [1.82, 2.24) is 0 Å². The largest absolute Gasteiger partial charge is 0.454 e. The van der Waals surface area contributed by atoms with Gasteiger partial charge < -0.3 is 4.74 Å². The fourth-order valence-corrected chi connectivity index (χ4v) is 2.00. The number of carbonyl (C=O) groups is 2. The normalized spacial score (nSPS) is 10.2. The first-order chi connectivity index (χ1) is 9.97. The highest BCUT2D eigenvalue weighted by atomic mass is 19.1. The third-order valence-electron chi connectivity index (χ3n) is 3.10. The van der Waals surface area contributed by atoms with Gasteiger partial charge in [-0.2, -0.15) is 0 Å². The van der Waals surface area contributed by atoms with Gasteiger partial charge in [0.05, 0.1) is 5.56 Å². The van der Waals surface area contributed by atoms with Crippen molar-refractivity contribution >= 4 is 11.8 Å². The Labute approximate surface area is 122 Å². The van der Waals surface area contributed by atoms with Gasteiger partial charge in [-0.1, -0.05) is 23.8 Å². The predicted octanol–water partition coefficient (Wildman–Crippen LogP) is 3.48. The number of ether oxygens (including phenoxy) is 1. The molecule has 0 saturated heterocycles. The molecule has 0 fully saturated rings. The zero-order chi connectivity index (χ0) is 15.4. The van der Waals surface area contributed by atoms with Gasteiger partial charge in [0.25, 0.3) is 0 Å². The molecule has 0 bridgehead atoms. The van der Waals surface area contributed by atoms with Crippen LogP contribution < -0.4 is 0 Å². The fraction of sp³-hybridized carbons (Fsp3) is 0.176. The molecule has 0 N–H and O–H groups in total. The van der Waals surface area contributed by atoms with E-state index < -0.39 is 11.8 Å². The minimum absolute atomic E-state index is 0.213. The maximum Gasteiger partial charge on any atom is 0.338 e. The van der Waals surface area contributed by atoms with E-state index >= 15 is 0 Å². The van der Waals surface area contributed by atoms with Gasteiger partial charge in [0.1, 0.15) is 5.82 Å². The Morgan fingerprint density at radius 1 is 1.05 bits per heavy atom. The summed E-state index contributed by atoms with van der Waals surface area (Å²) in [4.78, 5) is 23.8. The van der Waals surface area contributed by atoms with Crippen LogP contribution >= 0.6 is 0 Å². The second-order valence-corrected chi connectivity index (χ2v) is 4.82. The summed E-state index contributed by atoms with van der Waals surface area (Å²) in [7, 11) is 0. The highest BCUT2D eigenvalue weighted by Gasteiger charge is 2.13. The SMILES string of the molecule is Cc1ccc(C(=O)COC(=O)c2ccc(F)cc2)c(C)c1. The topological polar surface area (TPSA) is 43.4 Å². The second-order valence-electron chi connectivity index (χ2n) is 4.82. The molecule has 2 rings (SSSR count). The molecular formula is C17H15FO3. The third kappa shape index (κ3) is 3.75. The molecule has 0 heterocycles. The summed E-state index contributed by atoms with van der Waals surface area (Å²) in [5.74, 6) is -1.34. The van der Waals surface area contributed by atoms with Gasteiger partial charge in [0, 0.05) is 5.56 Å². The summed E-state index contributed by atoms with van der Waals surface area (Å²) in [6, 6.07) is 10.4. The first-order valence-corrected chi connectivity index (χ1v) is 6.50. The molecule has 0 unspecified atom stereocenters. The van der Waals surface area contributed by atoms with Crippen molar-refractivity contribution in [2.45, 2.75) is 13.8 Å². The summed E-state index contributed by atoms with van der Waals surface area (Å²) in [6.07, 6.45) is 0. The third-order valence-corrected chi connectivity index (χ3v) is 3.10. The molecule has 2 aromatic carbocycles. The summed E-state index contributed by atoms with van der Waals surface area (Å²) >= 11 is 0. The van der Waals surface area contributed by atoms with E-state index in [0.29, 0.717) is 5.56 Å². The standard InChI is InChI=1S/C17H15FO3/c1-11-3-8-15(12(2)9-11)16(19)10-21-17(20)13-4-6-14(18)7-5-13/h3-9H,10H2,1-2H3. The van der Waals surface area contributed by atoms with Gasteiger partial charge in [0.2, 0.25) is 5.78 Å². The van der Waals surface area contributed by atoms with Gasteiger partial charge in [-0.25, -0.2) is 9.18 Å². The molecule has 108 valence electrons. The summed E-state index contributed by atoms with van der Waals surface area (Å²) in [5, 5.41) is 0. The zero-order valence-corrected chi connectivity index (χ0v) is 11.9. The van der Waals surface area contributed by atoms with Gasteiger partial charge >= 0.3 is 5.97 Å². The van der Waals surface area contributed by atoms with Crippen molar-refractivity contribution in [2.75, 3.05) is 6.61 Å². The number of hydrogen-bond acceptors (Lipinski definition) is 3. The first kappa shape index (κ1) is 14.9. The molecule has 0 aliphatic heterocycles. The van der Waals surface area contributed by atoms with Crippen LogP contribution in [0.1, 0.15) is 31.8 Å².